The Balaban J connectivity index is 1.72. The minimum absolute atomic E-state index is 0.581. The van der Waals surface area contributed by atoms with E-state index in [4.69, 9.17) is 4.42 Å². The van der Waals surface area contributed by atoms with E-state index in [1.807, 2.05) is 16.9 Å². The van der Waals surface area contributed by atoms with Gasteiger partial charge in [0.1, 0.15) is 0 Å². The summed E-state index contributed by atoms with van der Waals surface area (Å²) >= 11 is 0. The molecule has 1 N–H and O–H groups in total. The van der Waals surface area contributed by atoms with Crippen LogP contribution in [0.25, 0.3) is 11.1 Å². The second kappa shape index (κ2) is 4.14. The lowest BCUT2D eigenvalue weighted by Crippen LogP contribution is -2.26. The molecule has 0 spiro atoms. The first kappa shape index (κ1) is 9.66. The van der Waals surface area contributed by atoms with Gasteiger partial charge in [-0.1, -0.05) is 0 Å². The fourth-order valence-electron chi connectivity index (χ4n) is 2.18. The molecule has 1 fully saturated rings. The van der Waals surface area contributed by atoms with E-state index in [9.17, 15) is 0 Å². The van der Waals surface area contributed by atoms with Gasteiger partial charge in [-0.25, -0.2) is 0 Å². The van der Waals surface area contributed by atoms with Gasteiger partial charge in [0.15, 0.2) is 0 Å². The van der Waals surface area contributed by atoms with Gasteiger partial charge < -0.3 is 9.73 Å². The smallest absolute Gasteiger partial charge is 0.0982 e. The maximum atomic E-state index is 5.06. The van der Waals surface area contributed by atoms with E-state index < -0.39 is 0 Å². The number of hydrogen-bond donors (Lipinski definition) is 1. The van der Waals surface area contributed by atoms with Gasteiger partial charge >= 0.3 is 0 Å². The molecule has 0 aromatic carbocycles. The summed E-state index contributed by atoms with van der Waals surface area (Å²) in [5.74, 6) is 0. The molecule has 3 heterocycles. The molecule has 2 aromatic rings. The van der Waals surface area contributed by atoms with E-state index in [0.29, 0.717) is 6.04 Å². The molecule has 1 aliphatic heterocycles. The van der Waals surface area contributed by atoms with Gasteiger partial charge in [0.2, 0.25) is 0 Å². The highest BCUT2D eigenvalue weighted by atomic mass is 16.3. The fraction of sp³-hybridized carbons (Fsp3) is 0.417. The van der Waals surface area contributed by atoms with Gasteiger partial charge in [0.25, 0.3) is 0 Å². The number of aromatic nitrogens is 2. The molecule has 1 atom stereocenters. The van der Waals surface area contributed by atoms with Crippen LogP contribution in [0.15, 0.2) is 35.4 Å². The van der Waals surface area contributed by atoms with Crippen molar-refractivity contribution in [1.29, 1.82) is 0 Å². The molecule has 1 aliphatic rings. The Morgan fingerprint density at radius 3 is 3.25 bits per heavy atom. The summed E-state index contributed by atoms with van der Waals surface area (Å²) in [4.78, 5) is 0. The first-order valence-electron chi connectivity index (χ1n) is 5.70. The van der Waals surface area contributed by atoms with Crippen molar-refractivity contribution in [2.24, 2.45) is 0 Å². The Morgan fingerprint density at radius 2 is 2.50 bits per heavy atom. The van der Waals surface area contributed by atoms with E-state index >= 15 is 0 Å². The van der Waals surface area contributed by atoms with Crippen molar-refractivity contribution < 1.29 is 4.42 Å². The Hall–Kier alpha value is -1.55. The van der Waals surface area contributed by atoms with Crippen LogP contribution in [0, 0.1) is 0 Å². The molecule has 0 aliphatic carbocycles. The summed E-state index contributed by atoms with van der Waals surface area (Å²) in [5, 5.41) is 7.84. The van der Waals surface area contributed by atoms with Crippen LogP contribution in [0.5, 0.6) is 0 Å². The number of rotatable bonds is 3. The largest absolute Gasteiger partial charge is 0.472 e. The van der Waals surface area contributed by atoms with Gasteiger partial charge in [-0.05, 0) is 25.5 Å². The minimum atomic E-state index is 0.581. The summed E-state index contributed by atoms with van der Waals surface area (Å²) in [6.07, 6.45) is 9.92. The zero-order valence-corrected chi connectivity index (χ0v) is 9.10. The fourth-order valence-corrected chi connectivity index (χ4v) is 2.18. The molecule has 4 nitrogen and oxygen atoms in total. The molecule has 0 saturated carbocycles. The highest BCUT2D eigenvalue weighted by Crippen LogP contribution is 2.19. The third-order valence-electron chi connectivity index (χ3n) is 3.06. The lowest BCUT2D eigenvalue weighted by molar-refractivity contribution is 0.476. The van der Waals surface area contributed by atoms with Crippen molar-refractivity contribution in [1.82, 2.24) is 15.1 Å². The van der Waals surface area contributed by atoms with Crippen LogP contribution in [0.2, 0.25) is 0 Å². The molecule has 1 saturated heterocycles. The molecule has 0 amide bonds. The van der Waals surface area contributed by atoms with Crippen molar-refractivity contribution in [3.63, 3.8) is 0 Å². The number of hydrogen-bond acceptors (Lipinski definition) is 3. The molecule has 4 heteroatoms. The maximum absolute atomic E-state index is 5.06. The van der Waals surface area contributed by atoms with Crippen LogP contribution in [0.3, 0.4) is 0 Å². The zero-order chi connectivity index (χ0) is 10.8. The topological polar surface area (TPSA) is 43.0 Å². The molecule has 0 bridgehead atoms. The van der Waals surface area contributed by atoms with Gasteiger partial charge in [0, 0.05) is 23.4 Å². The highest BCUT2D eigenvalue weighted by molar-refractivity contribution is 5.59. The first-order valence-corrected chi connectivity index (χ1v) is 5.70. The number of nitrogens with one attached hydrogen (secondary N) is 1. The SMILES string of the molecule is c1cc(-c2cnn(C[C@H]3CCCN3)c2)co1. The van der Waals surface area contributed by atoms with Gasteiger partial charge in [-0.15, -0.1) is 0 Å². The maximum Gasteiger partial charge on any atom is 0.0982 e. The lowest BCUT2D eigenvalue weighted by atomic mass is 10.2. The van der Waals surface area contributed by atoms with Crippen LogP contribution in [-0.4, -0.2) is 22.4 Å². The number of furan rings is 1. The predicted octanol–water partition coefficient (Wildman–Crippen LogP) is 1.90. The van der Waals surface area contributed by atoms with Gasteiger partial charge in [0.05, 0.1) is 25.3 Å². The third kappa shape index (κ3) is 1.88. The normalized spacial score (nSPS) is 20.4. The van der Waals surface area contributed by atoms with Gasteiger partial charge in [-0.3, -0.25) is 4.68 Å². The van der Waals surface area contributed by atoms with E-state index in [2.05, 4.69) is 16.6 Å². The van der Waals surface area contributed by atoms with Crippen molar-refractivity contribution >= 4 is 0 Å². The minimum Gasteiger partial charge on any atom is -0.472 e. The number of nitrogens with zero attached hydrogens (tertiary/aromatic N) is 2. The Bertz CT molecular complexity index is 441. The molecular formula is C12H15N3O. The second-order valence-electron chi connectivity index (χ2n) is 4.26. The summed E-state index contributed by atoms with van der Waals surface area (Å²) in [6.45, 7) is 2.10. The Kier molecular flexibility index (Phi) is 2.50. The Labute approximate surface area is 94.3 Å². The first-order chi connectivity index (χ1) is 7.92. The van der Waals surface area contributed by atoms with Crippen LogP contribution in [-0.2, 0) is 6.54 Å². The van der Waals surface area contributed by atoms with Crippen molar-refractivity contribution in [2.75, 3.05) is 6.54 Å². The van der Waals surface area contributed by atoms with E-state index in [-0.39, 0.29) is 0 Å². The third-order valence-corrected chi connectivity index (χ3v) is 3.06. The summed E-state index contributed by atoms with van der Waals surface area (Å²) in [7, 11) is 0. The molecule has 84 valence electrons. The van der Waals surface area contributed by atoms with Crippen molar-refractivity contribution in [3.8, 4) is 11.1 Å². The molecule has 3 rings (SSSR count). The standard InChI is InChI=1S/C12H15N3O/c1-2-12(13-4-1)8-15-7-11(6-14-15)10-3-5-16-9-10/h3,5-7,9,12-13H,1-2,4,8H2/t12-/m1/s1. The van der Waals surface area contributed by atoms with E-state index in [1.54, 1.807) is 12.5 Å². The van der Waals surface area contributed by atoms with E-state index in [0.717, 1.165) is 24.2 Å². The molecular weight excluding hydrogens is 202 g/mol. The molecule has 0 unspecified atom stereocenters. The van der Waals surface area contributed by atoms with Crippen LogP contribution < -0.4 is 5.32 Å². The second-order valence-corrected chi connectivity index (χ2v) is 4.26. The summed E-state index contributed by atoms with van der Waals surface area (Å²) in [5.41, 5.74) is 2.21. The predicted molar refractivity (Wildman–Crippen MR) is 61.0 cm³/mol. The van der Waals surface area contributed by atoms with Gasteiger partial charge in [-0.2, -0.15) is 5.10 Å². The zero-order valence-electron chi connectivity index (χ0n) is 9.10. The average Bonchev–Trinajstić information content (AvgIpc) is 2.99. The van der Waals surface area contributed by atoms with Crippen LogP contribution in [0.1, 0.15) is 12.8 Å². The monoisotopic (exact) mass is 217 g/mol. The van der Waals surface area contributed by atoms with Crippen LogP contribution in [0.4, 0.5) is 0 Å². The van der Waals surface area contributed by atoms with Crippen molar-refractivity contribution in [3.05, 3.63) is 31.0 Å². The summed E-state index contributed by atoms with van der Waals surface area (Å²) in [6, 6.07) is 2.53. The average molecular weight is 217 g/mol. The van der Waals surface area contributed by atoms with Crippen LogP contribution >= 0.6 is 0 Å². The van der Waals surface area contributed by atoms with Crippen molar-refractivity contribution in [2.45, 2.75) is 25.4 Å². The molecule has 0 radical (unpaired) electrons. The lowest BCUT2D eigenvalue weighted by Gasteiger charge is -2.09. The molecule has 16 heavy (non-hydrogen) atoms. The summed E-state index contributed by atoms with van der Waals surface area (Å²) < 4.78 is 7.07. The Morgan fingerprint density at radius 1 is 1.50 bits per heavy atom. The highest BCUT2D eigenvalue weighted by Gasteiger charge is 2.14. The van der Waals surface area contributed by atoms with E-state index in [1.165, 1.54) is 12.8 Å². The quantitative estimate of drug-likeness (QED) is 0.853. The molecule has 2 aromatic heterocycles.